The lowest BCUT2D eigenvalue weighted by atomic mass is 10.2. The summed E-state index contributed by atoms with van der Waals surface area (Å²) in [4.78, 5) is 1.64. The minimum atomic E-state index is 0.647. The standard InChI is InChI=1S/C16H15BrN4/c1-12-9-13(7-8-16(12)17)18-10-14-11-19-21(20-14)15-5-3-2-4-6-15/h2-9,11,18H,10H2,1H3. The highest BCUT2D eigenvalue weighted by atomic mass is 79.9. The van der Waals surface area contributed by atoms with Gasteiger partial charge in [0.05, 0.1) is 18.4 Å². The van der Waals surface area contributed by atoms with Crippen molar-refractivity contribution in [1.29, 1.82) is 0 Å². The normalized spacial score (nSPS) is 10.6. The van der Waals surface area contributed by atoms with Crippen molar-refractivity contribution in [3.05, 3.63) is 70.5 Å². The van der Waals surface area contributed by atoms with E-state index < -0.39 is 0 Å². The van der Waals surface area contributed by atoms with E-state index in [4.69, 9.17) is 0 Å². The number of aromatic nitrogens is 3. The van der Waals surface area contributed by atoms with Gasteiger partial charge in [0.15, 0.2) is 0 Å². The molecule has 0 bridgehead atoms. The van der Waals surface area contributed by atoms with Crippen LogP contribution in [0.25, 0.3) is 5.69 Å². The fourth-order valence-corrected chi connectivity index (χ4v) is 2.26. The predicted molar refractivity (Wildman–Crippen MR) is 87.6 cm³/mol. The summed E-state index contributed by atoms with van der Waals surface area (Å²) in [5.74, 6) is 0. The van der Waals surface area contributed by atoms with Crippen molar-refractivity contribution in [2.24, 2.45) is 0 Å². The van der Waals surface area contributed by atoms with Gasteiger partial charge in [0.25, 0.3) is 0 Å². The van der Waals surface area contributed by atoms with Gasteiger partial charge >= 0.3 is 0 Å². The first-order chi connectivity index (χ1) is 10.2. The van der Waals surface area contributed by atoms with Gasteiger partial charge in [-0.05, 0) is 42.8 Å². The molecular formula is C16H15BrN4. The molecule has 0 saturated carbocycles. The lowest BCUT2D eigenvalue weighted by Gasteiger charge is -2.06. The minimum absolute atomic E-state index is 0.647. The molecule has 3 rings (SSSR count). The van der Waals surface area contributed by atoms with Crippen LogP contribution in [-0.2, 0) is 6.54 Å². The molecule has 0 aliphatic carbocycles. The van der Waals surface area contributed by atoms with Crippen LogP contribution < -0.4 is 5.32 Å². The van der Waals surface area contributed by atoms with Gasteiger partial charge in [0.1, 0.15) is 5.69 Å². The Morgan fingerprint density at radius 1 is 1.14 bits per heavy atom. The molecule has 3 aromatic rings. The third-order valence-corrected chi connectivity index (χ3v) is 4.05. The highest BCUT2D eigenvalue weighted by Crippen LogP contribution is 2.20. The molecule has 0 atom stereocenters. The van der Waals surface area contributed by atoms with Crippen LogP contribution in [0.1, 0.15) is 11.3 Å². The zero-order valence-electron chi connectivity index (χ0n) is 11.6. The Morgan fingerprint density at radius 2 is 1.95 bits per heavy atom. The minimum Gasteiger partial charge on any atom is -0.379 e. The Hall–Kier alpha value is -2.14. The molecule has 0 fully saturated rings. The van der Waals surface area contributed by atoms with Gasteiger partial charge in [-0.25, -0.2) is 0 Å². The lowest BCUT2D eigenvalue weighted by molar-refractivity contribution is 0.740. The molecule has 21 heavy (non-hydrogen) atoms. The van der Waals surface area contributed by atoms with Crippen LogP contribution in [-0.4, -0.2) is 15.0 Å². The fourth-order valence-electron chi connectivity index (χ4n) is 2.01. The van der Waals surface area contributed by atoms with Crippen LogP contribution in [0.15, 0.2) is 59.2 Å². The topological polar surface area (TPSA) is 42.7 Å². The van der Waals surface area contributed by atoms with E-state index in [1.54, 1.807) is 11.0 Å². The summed E-state index contributed by atoms with van der Waals surface area (Å²) in [6.45, 7) is 2.72. The van der Waals surface area contributed by atoms with Crippen LogP contribution >= 0.6 is 15.9 Å². The molecule has 0 spiro atoms. The molecule has 106 valence electrons. The molecule has 0 saturated heterocycles. The van der Waals surface area contributed by atoms with Gasteiger partial charge in [0.2, 0.25) is 0 Å². The average Bonchev–Trinajstić information content (AvgIpc) is 2.98. The molecule has 4 nitrogen and oxygen atoms in total. The molecule has 0 amide bonds. The number of hydrogen-bond donors (Lipinski definition) is 1. The van der Waals surface area contributed by atoms with Gasteiger partial charge in [-0.15, -0.1) is 0 Å². The van der Waals surface area contributed by atoms with E-state index in [0.29, 0.717) is 6.54 Å². The summed E-state index contributed by atoms with van der Waals surface area (Å²) < 4.78 is 1.11. The first-order valence-corrected chi connectivity index (χ1v) is 7.48. The summed E-state index contributed by atoms with van der Waals surface area (Å²) in [6, 6.07) is 16.1. The van der Waals surface area contributed by atoms with Crippen molar-refractivity contribution in [2.45, 2.75) is 13.5 Å². The predicted octanol–water partition coefficient (Wildman–Crippen LogP) is 3.95. The van der Waals surface area contributed by atoms with Crippen molar-refractivity contribution in [2.75, 3.05) is 5.32 Å². The first kappa shape index (κ1) is 13.8. The van der Waals surface area contributed by atoms with E-state index in [9.17, 15) is 0 Å². The summed E-state index contributed by atoms with van der Waals surface area (Å²) in [5, 5.41) is 12.1. The van der Waals surface area contributed by atoms with Gasteiger partial charge in [0, 0.05) is 10.2 Å². The van der Waals surface area contributed by atoms with Crippen LogP contribution in [0, 0.1) is 6.92 Å². The van der Waals surface area contributed by atoms with E-state index in [0.717, 1.165) is 21.5 Å². The van der Waals surface area contributed by atoms with Crippen molar-refractivity contribution in [1.82, 2.24) is 15.0 Å². The maximum Gasteiger partial charge on any atom is 0.102 e. The first-order valence-electron chi connectivity index (χ1n) is 6.69. The number of benzene rings is 2. The van der Waals surface area contributed by atoms with E-state index in [-0.39, 0.29) is 0 Å². The van der Waals surface area contributed by atoms with Crippen LogP contribution in [0.4, 0.5) is 5.69 Å². The molecule has 0 aliphatic heterocycles. The Balaban J connectivity index is 1.69. The second-order valence-electron chi connectivity index (χ2n) is 4.78. The van der Waals surface area contributed by atoms with Crippen molar-refractivity contribution in [3.63, 3.8) is 0 Å². The van der Waals surface area contributed by atoms with E-state index in [2.05, 4.69) is 44.4 Å². The van der Waals surface area contributed by atoms with Crippen LogP contribution in [0.5, 0.6) is 0 Å². The Morgan fingerprint density at radius 3 is 2.71 bits per heavy atom. The molecular weight excluding hydrogens is 328 g/mol. The Bertz CT molecular complexity index is 737. The summed E-state index contributed by atoms with van der Waals surface area (Å²) >= 11 is 3.50. The number of rotatable bonds is 4. The number of anilines is 1. The van der Waals surface area contributed by atoms with Gasteiger partial charge in [-0.3, -0.25) is 0 Å². The largest absolute Gasteiger partial charge is 0.379 e. The molecule has 1 aromatic heterocycles. The van der Waals surface area contributed by atoms with Gasteiger partial charge in [-0.2, -0.15) is 15.0 Å². The summed E-state index contributed by atoms with van der Waals surface area (Å²) in [6.07, 6.45) is 1.78. The van der Waals surface area contributed by atoms with Crippen LogP contribution in [0.2, 0.25) is 0 Å². The number of nitrogens with one attached hydrogen (secondary N) is 1. The number of para-hydroxylation sites is 1. The second-order valence-corrected chi connectivity index (χ2v) is 5.63. The van der Waals surface area contributed by atoms with Crippen molar-refractivity contribution in [3.8, 4) is 5.69 Å². The van der Waals surface area contributed by atoms with Crippen molar-refractivity contribution >= 4 is 21.6 Å². The smallest absolute Gasteiger partial charge is 0.102 e. The second kappa shape index (κ2) is 6.10. The van der Waals surface area contributed by atoms with E-state index in [1.165, 1.54) is 5.56 Å². The quantitative estimate of drug-likeness (QED) is 0.780. The number of hydrogen-bond acceptors (Lipinski definition) is 3. The Kier molecular flexibility index (Phi) is 4.01. The molecule has 0 aliphatic rings. The zero-order valence-corrected chi connectivity index (χ0v) is 13.2. The summed E-state index contributed by atoms with van der Waals surface area (Å²) in [5.41, 5.74) is 4.14. The summed E-state index contributed by atoms with van der Waals surface area (Å²) in [7, 11) is 0. The highest BCUT2D eigenvalue weighted by Gasteiger charge is 2.03. The van der Waals surface area contributed by atoms with E-state index >= 15 is 0 Å². The average molecular weight is 343 g/mol. The number of nitrogens with zero attached hydrogens (tertiary/aromatic N) is 3. The highest BCUT2D eigenvalue weighted by molar-refractivity contribution is 9.10. The van der Waals surface area contributed by atoms with Gasteiger partial charge < -0.3 is 5.32 Å². The molecule has 5 heteroatoms. The maximum absolute atomic E-state index is 4.47. The third-order valence-electron chi connectivity index (χ3n) is 3.16. The van der Waals surface area contributed by atoms with Crippen LogP contribution in [0.3, 0.4) is 0 Å². The Labute approximate surface area is 131 Å². The number of halogens is 1. The van der Waals surface area contributed by atoms with Gasteiger partial charge in [-0.1, -0.05) is 34.1 Å². The molecule has 0 unspecified atom stereocenters. The molecule has 2 aromatic carbocycles. The fraction of sp³-hybridized carbons (Fsp3) is 0.125. The molecule has 1 heterocycles. The molecule has 1 N–H and O–H groups in total. The van der Waals surface area contributed by atoms with E-state index in [1.807, 2.05) is 42.5 Å². The third kappa shape index (κ3) is 3.31. The number of aryl methyl sites for hydroxylation is 1. The van der Waals surface area contributed by atoms with Crippen molar-refractivity contribution < 1.29 is 0 Å². The maximum atomic E-state index is 4.47. The zero-order chi connectivity index (χ0) is 14.7. The monoisotopic (exact) mass is 342 g/mol. The lowest BCUT2D eigenvalue weighted by Crippen LogP contribution is -2.02. The SMILES string of the molecule is Cc1cc(NCc2cnn(-c3ccccc3)n2)ccc1Br. The molecule has 0 radical (unpaired) electrons.